The summed E-state index contributed by atoms with van der Waals surface area (Å²) in [6.45, 7) is 4.53. The second-order valence-corrected chi connectivity index (χ2v) is 20.9. The van der Waals surface area contributed by atoms with Crippen molar-refractivity contribution in [1.82, 2.24) is 0 Å². The summed E-state index contributed by atoms with van der Waals surface area (Å²) in [5.74, 6) is 0.995. The summed E-state index contributed by atoms with van der Waals surface area (Å²) in [4.78, 5) is 2.68. The smallest absolute Gasteiger partial charge is 0.0349 e. The average molecular weight is 917 g/mol. The molecule has 1 heteroatoms. The molecule has 0 spiro atoms. The van der Waals surface area contributed by atoms with Gasteiger partial charge in [-0.1, -0.05) is 195 Å². The monoisotopic (exact) mass is 916 g/mol. The predicted molar refractivity (Wildman–Crippen MR) is 303 cm³/mol. The molecular formula is C69H56S. The van der Waals surface area contributed by atoms with Crippen LogP contribution >= 0.6 is 11.3 Å². The molecule has 0 amide bonds. The van der Waals surface area contributed by atoms with Gasteiger partial charge in [0.1, 0.15) is 0 Å². The number of hydrogen-bond donors (Lipinski definition) is 0. The van der Waals surface area contributed by atoms with Crippen molar-refractivity contribution < 1.29 is 0 Å². The molecule has 3 atom stereocenters. The predicted octanol–water partition coefficient (Wildman–Crippen LogP) is 17.4. The number of allylic oxidation sites excluding steroid dienone is 15. The molecule has 0 aliphatic heterocycles. The first-order valence-electron chi connectivity index (χ1n) is 25.6. The van der Waals surface area contributed by atoms with Gasteiger partial charge in [0.25, 0.3) is 0 Å². The Labute approximate surface area is 416 Å². The Morgan fingerprint density at radius 2 is 1.30 bits per heavy atom. The van der Waals surface area contributed by atoms with Crippen molar-refractivity contribution in [1.29, 1.82) is 0 Å². The van der Waals surface area contributed by atoms with Gasteiger partial charge in [-0.15, -0.1) is 11.3 Å². The molecule has 8 aromatic rings. The van der Waals surface area contributed by atoms with E-state index in [1.54, 1.807) is 0 Å². The third kappa shape index (κ3) is 7.33. The molecule has 0 saturated heterocycles. The van der Waals surface area contributed by atoms with E-state index in [-0.39, 0.29) is 11.8 Å². The van der Waals surface area contributed by atoms with Crippen LogP contribution in [0.25, 0.3) is 72.3 Å². The third-order valence-corrected chi connectivity index (χ3v) is 17.1. The second-order valence-electron chi connectivity index (χ2n) is 19.9. The van der Waals surface area contributed by atoms with Crippen LogP contribution in [0, 0.1) is 11.8 Å². The highest BCUT2D eigenvalue weighted by Crippen LogP contribution is 2.52. The van der Waals surface area contributed by atoms with E-state index in [0.717, 1.165) is 25.7 Å². The Kier molecular flexibility index (Phi) is 10.9. The fraction of sp³-hybridized carbons (Fsp3) is 0.159. The molecule has 5 aliphatic rings. The molecule has 0 fully saturated rings. The van der Waals surface area contributed by atoms with Gasteiger partial charge in [-0.05, 0) is 191 Å². The van der Waals surface area contributed by atoms with E-state index < -0.39 is 0 Å². The van der Waals surface area contributed by atoms with Crippen molar-refractivity contribution >= 4 is 83.7 Å². The average Bonchev–Trinajstić information content (AvgIpc) is 3.92. The highest BCUT2D eigenvalue weighted by atomic mass is 32.1. The van der Waals surface area contributed by atoms with E-state index in [4.69, 9.17) is 0 Å². The third-order valence-electron chi connectivity index (χ3n) is 15.9. The summed E-state index contributed by atoms with van der Waals surface area (Å²) in [6.07, 6.45) is 33.3. The van der Waals surface area contributed by atoms with E-state index in [0.29, 0.717) is 5.92 Å². The van der Waals surface area contributed by atoms with Crippen LogP contribution in [0.2, 0.25) is 0 Å². The number of hydrogen-bond acceptors (Lipinski definition) is 1. The maximum Gasteiger partial charge on any atom is 0.0349 e. The Bertz CT molecular complexity index is 3860. The van der Waals surface area contributed by atoms with Gasteiger partial charge in [-0.25, -0.2) is 0 Å². The first-order chi connectivity index (χ1) is 34.6. The van der Waals surface area contributed by atoms with Crippen LogP contribution in [0.1, 0.15) is 101 Å². The molecule has 1 aromatic heterocycles. The lowest BCUT2D eigenvalue weighted by molar-refractivity contribution is 0.573. The van der Waals surface area contributed by atoms with Crippen LogP contribution in [-0.2, 0) is 0 Å². The fourth-order valence-electron chi connectivity index (χ4n) is 12.7. The number of fused-ring (bicyclic) bond motifs is 6. The van der Waals surface area contributed by atoms with Gasteiger partial charge in [0.15, 0.2) is 0 Å². The molecule has 13 rings (SSSR count). The number of thiophene rings is 1. The van der Waals surface area contributed by atoms with Crippen LogP contribution < -0.4 is 10.4 Å². The Morgan fingerprint density at radius 3 is 2.09 bits per heavy atom. The summed E-state index contributed by atoms with van der Waals surface area (Å²) in [5.41, 5.74) is 18.1. The molecule has 0 bridgehead atoms. The molecule has 3 unspecified atom stereocenters. The zero-order chi connectivity index (χ0) is 46.7. The Hall–Kier alpha value is -7.32. The SMILES string of the molecule is C/C=c1/c(C2=CC=C(c3ccc(C4=CC5=C(c6ccc7ccccc7c6)c6ccccc6C(c6ccc7ccccc7c6)C5C=C4)s3)CC2)c2ccccc2c(C2=CC=C3C=CCCC3C2)/c1=C/CC. The maximum absolute atomic E-state index is 2.54. The summed E-state index contributed by atoms with van der Waals surface area (Å²) in [6, 6.07) is 54.9. The topological polar surface area (TPSA) is 0 Å². The minimum atomic E-state index is 0.189. The number of rotatable bonds is 7. The largest absolute Gasteiger partial charge is 0.136 e. The summed E-state index contributed by atoms with van der Waals surface area (Å²) >= 11 is 1.94. The van der Waals surface area contributed by atoms with Gasteiger partial charge < -0.3 is 0 Å². The molecule has 0 saturated carbocycles. The number of benzene rings is 7. The van der Waals surface area contributed by atoms with Crippen LogP contribution in [0.3, 0.4) is 0 Å². The fourth-order valence-corrected chi connectivity index (χ4v) is 13.7. The van der Waals surface area contributed by atoms with E-state index >= 15 is 0 Å². The molecule has 338 valence electrons. The summed E-state index contributed by atoms with van der Waals surface area (Å²) in [5, 5.41) is 10.7. The second kappa shape index (κ2) is 17.9. The van der Waals surface area contributed by atoms with Crippen molar-refractivity contribution in [2.75, 3.05) is 0 Å². The Morgan fingerprint density at radius 1 is 0.614 bits per heavy atom. The lowest BCUT2D eigenvalue weighted by Crippen LogP contribution is -2.33. The molecule has 7 aromatic carbocycles. The zero-order valence-electron chi connectivity index (χ0n) is 40.1. The molecular weight excluding hydrogens is 861 g/mol. The maximum atomic E-state index is 2.54. The van der Waals surface area contributed by atoms with Crippen molar-refractivity contribution in [2.45, 2.75) is 58.3 Å². The van der Waals surface area contributed by atoms with Crippen molar-refractivity contribution in [2.24, 2.45) is 11.8 Å². The standard InChI is InChI=1S/C69H56S/c1-3-15-57-56(4-2)66(58-22-11-12-23-59(58)67(57)53-33-26-44-16-5-8-19-49(44)40-53)48-31-29-47(30-32-48)64-38-39-65(70-64)52-36-37-62-63(43-52)69(55-35-28-46-18-7-10-21-51(46)42-55)61-25-14-13-24-60(61)68(62)54-34-27-45-17-6-9-20-50(45)41-54/h4-7,9-18,20-29,31,33-39,41-43,49,62,68H,3,8,19,30,32,40H2,1-2H3/b56-4+,57-15+. The quantitative estimate of drug-likeness (QED) is 0.149. The van der Waals surface area contributed by atoms with Crippen LogP contribution in [0.5, 0.6) is 0 Å². The van der Waals surface area contributed by atoms with E-state index in [1.807, 2.05) is 11.3 Å². The summed E-state index contributed by atoms with van der Waals surface area (Å²) < 4.78 is 0. The van der Waals surface area contributed by atoms with Crippen LogP contribution in [-0.4, -0.2) is 0 Å². The lowest BCUT2D eigenvalue weighted by atomic mass is 9.66. The minimum absolute atomic E-state index is 0.189. The Balaban J connectivity index is 0.891. The molecule has 0 nitrogen and oxygen atoms in total. The van der Waals surface area contributed by atoms with Gasteiger partial charge in [0.05, 0.1) is 0 Å². The minimum Gasteiger partial charge on any atom is -0.136 e. The van der Waals surface area contributed by atoms with Crippen LogP contribution in [0.4, 0.5) is 0 Å². The highest BCUT2D eigenvalue weighted by Gasteiger charge is 2.37. The highest BCUT2D eigenvalue weighted by molar-refractivity contribution is 7.14. The van der Waals surface area contributed by atoms with Crippen LogP contribution in [0.15, 0.2) is 211 Å². The first-order valence-corrected chi connectivity index (χ1v) is 26.4. The van der Waals surface area contributed by atoms with Gasteiger partial charge in [0.2, 0.25) is 0 Å². The van der Waals surface area contributed by atoms with E-state index in [9.17, 15) is 0 Å². The van der Waals surface area contributed by atoms with Gasteiger partial charge >= 0.3 is 0 Å². The zero-order valence-corrected chi connectivity index (χ0v) is 40.9. The molecule has 0 radical (unpaired) electrons. The normalized spacial score (nSPS) is 20.2. The molecule has 5 aliphatic carbocycles. The molecule has 1 heterocycles. The van der Waals surface area contributed by atoms with Crippen molar-refractivity contribution in [3.8, 4) is 0 Å². The molecule has 70 heavy (non-hydrogen) atoms. The van der Waals surface area contributed by atoms with Gasteiger partial charge in [-0.3, -0.25) is 0 Å². The molecule has 0 N–H and O–H groups in total. The lowest BCUT2D eigenvalue weighted by Gasteiger charge is -2.37. The van der Waals surface area contributed by atoms with Crippen molar-refractivity contribution in [3.05, 3.63) is 265 Å². The first kappa shape index (κ1) is 42.8. The van der Waals surface area contributed by atoms with E-state index in [1.165, 1.54) is 138 Å². The summed E-state index contributed by atoms with van der Waals surface area (Å²) in [7, 11) is 0. The van der Waals surface area contributed by atoms with Gasteiger partial charge in [0, 0.05) is 21.6 Å². The van der Waals surface area contributed by atoms with E-state index in [2.05, 4.69) is 226 Å². The van der Waals surface area contributed by atoms with Gasteiger partial charge in [-0.2, -0.15) is 0 Å². The van der Waals surface area contributed by atoms with Crippen molar-refractivity contribution in [3.63, 3.8) is 0 Å².